The van der Waals surface area contributed by atoms with Crippen LogP contribution in [0.5, 0.6) is 0 Å². The molecule has 2 atom stereocenters. The maximum absolute atomic E-state index is 12.7. The summed E-state index contributed by atoms with van der Waals surface area (Å²) >= 11 is 0. The number of halogens is 3. The third-order valence-corrected chi connectivity index (χ3v) is 3.22. The molecule has 1 fully saturated rings. The Morgan fingerprint density at radius 2 is 2.10 bits per heavy atom. The van der Waals surface area contributed by atoms with Gasteiger partial charge < -0.3 is 10.1 Å². The summed E-state index contributed by atoms with van der Waals surface area (Å²) in [6.45, 7) is 0. The number of methoxy groups -OCH3 is 1. The van der Waals surface area contributed by atoms with E-state index < -0.39 is 11.9 Å². The molecule has 0 aliphatic heterocycles. The first-order chi connectivity index (χ1) is 9.42. The Morgan fingerprint density at radius 3 is 2.65 bits per heavy atom. The number of aromatic nitrogens is 2. The third-order valence-electron chi connectivity index (χ3n) is 3.22. The standard InChI is InChI=1S/C11H16F3N5O/c1-20-7-3-2-6(4-7)16-9-5-8(11(12,13)14)17-10(18-9)19-15/h5-7H,2-4,15H2,1H3,(H2,16,17,18,19). The molecule has 4 N–H and O–H groups in total. The highest BCUT2D eigenvalue weighted by Gasteiger charge is 2.34. The molecule has 1 aromatic heterocycles. The van der Waals surface area contributed by atoms with Crippen LogP contribution >= 0.6 is 0 Å². The van der Waals surface area contributed by atoms with Gasteiger partial charge in [0.25, 0.3) is 0 Å². The molecule has 20 heavy (non-hydrogen) atoms. The van der Waals surface area contributed by atoms with Crippen LogP contribution in [0, 0.1) is 0 Å². The number of nitrogen functional groups attached to an aromatic ring is 1. The fourth-order valence-electron chi connectivity index (χ4n) is 2.23. The molecule has 1 aliphatic rings. The largest absolute Gasteiger partial charge is 0.433 e. The Balaban J connectivity index is 2.15. The minimum Gasteiger partial charge on any atom is -0.381 e. The summed E-state index contributed by atoms with van der Waals surface area (Å²) in [6, 6.07) is 0.905. The van der Waals surface area contributed by atoms with E-state index in [0.29, 0.717) is 0 Å². The number of anilines is 2. The fraction of sp³-hybridized carbons (Fsp3) is 0.636. The van der Waals surface area contributed by atoms with Gasteiger partial charge in [-0.05, 0) is 19.3 Å². The topological polar surface area (TPSA) is 85.1 Å². The molecule has 2 rings (SSSR count). The van der Waals surface area contributed by atoms with E-state index in [9.17, 15) is 13.2 Å². The molecule has 0 saturated heterocycles. The highest BCUT2D eigenvalue weighted by Crippen LogP contribution is 2.31. The third kappa shape index (κ3) is 3.48. The van der Waals surface area contributed by atoms with E-state index in [1.807, 2.05) is 5.43 Å². The summed E-state index contributed by atoms with van der Waals surface area (Å²) < 4.78 is 43.3. The molecule has 0 bridgehead atoms. The average Bonchev–Trinajstić information content (AvgIpc) is 2.85. The first-order valence-corrected chi connectivity index (χ1v) is 6.14. The van der Waals surface area contributed by atoms with Crippen LogP contribution in [0.15, 0.2) is 6.07 Å². The van der Waals surface area contributed by atoms with Crippen LogP contribution in [0.4, 0.5) is 24.9 Å². The molecule has 0 aromatic carbocycles. The van der Waals surface area contributed by atoms with Gasteiger partial charge in [-0.2, -0.15) is 18.2 Å². The van der Waals surface area contributed by atoms with Gasteiger partial charge in [-0.1, -0.05) is 0 Å². The molecule has 112 valence electrons. The Hall–Kier alpha value is -1.61. The quantitative estimate of drug-likeness (QED) is 0.579. The zero-order valence-corrected chi connectivity index (χ0v) is 10.9. The SMILES string of the molecule is COC1CCC(Nc2cc(C(F)(F)F)nc(NN)n2)C1. The van der Waals surface area contributed by atoms with E-state index in [-0.39, 0.29) is 23.9 Å². The lowest BCUT2D eigenvalue weighted by atomic mass is 10.2. The molecule has 1 aliphatic carbocycles. The van der Waals surface area contributed by atoms with E-state index in [2.05, 4.69) is 15.3 Å². The summed E-state index contributed by atoms with van der Waals surface area (Å²) in [6.07, 6.45) is -2.01. The number of hydrogen-bond acceptors (Lipinski definition) is 6. The van der Waals surface area contributed by atoms with Gasteiger partial charge in [0.05, 0.1) is 6.10 Å². The van der Waals surface area contributed by atoms with Crippen LogP contribution in [0.2, 0.25) is 0 Å². The average molecular weight is 291 g/mol. The van der Waals surface area contributed by atoms with Crippen molar-refractivity contribution < 1.29 is 17.9 Å². The van der Waals surface area contributed by atoms with Gasteiger partial charge in [-0.15, -0.1) is 0 Å². The predicted octanol–water partition coefficient (Wildman–Crippen LogP) is 1.76. The molecule has 1 heterocycles. The summed E-state index contributed by atoms with van der Waals surface area (Å²) in [5.74, 6) is 4.92. The summed E-state index contributed by atoms with van der Waals surface area (Å²) in [5.41, 5.74) is 1.00. The maximum Gasteiger partial charge on any atom is 0.433 e. The minimum atomic E-state index is -4.55. The van der Waals surface area contributed by atoms with Crippen molar-refractivity contribution in [3.63, 3.8) is 0 Å². The van der Waals surface area contributed by atoms with Crippen LogP contribution in [0.1, 0.15) is 25.0 Å². The fourth-order valence-corrected chi connectivity index (χ4v) is 2.23. The lowest BCUT2D eigenvalue weighted by Gasteiger charge is -2.15. The number of ether oxygens (including phenoxy) is 1. The summed E-state index contributed by atoms with van der Waals surface area (Å²) in [5, 5.41) is 2.97. The zero-order valence-electron chi connectivity index (χ0n) is 10.9. The van der Waals surface area contributed by atoms with Gasteiger partial charge in [0.2, 0.25) is 5.95 Å². The summed E-state index contributed by atoms with van der Waals surface area (Å²) in [7, 11) is 1.62. The van der Waals surface area contributed by atoms with E-state index in [0.717, 1.165) is 25.3 Å². The van der Waals surface area contributed by atoms with Crippen LogP contribution in [-0.2, 0) is 10.9 Å². The lowest BCUT2D eigenvalue weighted by molar-refractivity contribution is -0.141. The molecule has 1 aromatic rings. The van der Waals surface area contributed by atoms with E-state index in [1.54, 1.807) is 7.11 Å². The first kappa shape index (κ1) is 14.8. The van der Waals surface area contributed by atoms with Crippen LogP contribution in [0.25, 0.3) is 0 Å². The lowest BCUT2D eigenvalue weighted by Crippen LogP contribution is -2.21. The zero-order chi connectivity index (χ0) is 14.8. The van der Waals surface area contributed by atoms with Gasteiger partial charge in [-0.25, -0.2) is 10.8 Å². The van der Waals surface area contributed by atoms with Crippen molar-refractivity contribution in [1.29, 1.82) is 0 Å². The molecule has 0 amide bonds. The van der Waals surface area contributed by atoms with Gasteiger partial charge >= 0.3 is 6.18 Å². The van der Waals surface area contributed by atoms with Crippen molar-refractivity contribution in [1.82, 2.24) is 9.97 Å². The Bertz CT molecular complexity index is 468. The predicted molar refractivity (Wildman–Crippen MR) is 66.9 cm³/mol. The number of nitrogens with two attached hydrogens (primary N) is 1. The second kappa shape index (κ2) is 5.80. The second-order valence-corrected chi connectivity index (χ2v) is 4.62. The highest BCUT2D eigenvalue weighted by atomic mass is 19.4. The molecular formula is C11H16F3N5O. The number of hydrogen-bond donors (Lipinski definition) is 3. The van der Waals surface area contributed by atoms with Gasteiger partial charge in [-0.3, -0.25) is 5.43 Å². The number of alkyl halides is 3. The molecule has 1 saturated carbocycles. The van der Waals surface area contributed by atoms with E-state index >= 15 is 0 Å². The van der Waals surface area contributed by atoms with Gasteiger partial charge in [0, 0.05) is 19.2 Å². The van der Waals surface area contributed by atoms with Crippen molar-refractivity contribution in [3.8, 4) is 0 Å². The molecule has 9 heteroatoms. The minimum absolute atomic E-state index is 0.0292. The Kier molecular flexibility index (Phi) is 4.29. The monoisotopic (exact) mass is 291 g/mol. The van der Waals surface area contributed by atoms with E-state index in [4.69, 9.17) is 10.6 Å². The number of hydrazine groups is 1. The van der Waals surface area contributed by atoms with Crippen LogP contribution in [-0.4, -0.2) is 29.2 Å². The normalized spacial score (nSPS) is 22.9. The molecule has 0 radical (unpaired) electrons. The summed E-state index contributed by atoms with van der Waals surface area (Å²) in [4.78, 5) is 7.17. The van der Waals surface area contributed by atoms with E-state index in [1.165, 1.54) is 0 Å². The van der Waals surface area contributed by atoms with Gasteiger partial charge in [0.1, 0.15) is 5.82 Å². The highest BCUT2D eigenvalue weighted by molar-refractivity contribution is 5.43. The second-order valence-electron chi connectivity index (χ2n) is 4.62. The molecular weight excluding hydrogens is 275 g/mol. The van der Waals surface area contributed by atoms with Gasteiger partial charge in [0.15, 0.2) is 5.69 Å². The van der Waals surface area contributed by atoms with Crippen molar-refractivity contribution in [3.05, 3.63) is 11.8 Å². The maximum atomic E-state index is 12.7. The Labute approximate surface area is 113 Å². The number of rotatable bonds is 4. The van der Waals surface area contributed by atoms with Crippen molar-refractivity contribution in [2.75, 3.05) is 17.9 Å². The smallest absolute Gasteiger partial charge is 0.381 e. The molecule has 2 unspecified atom stereocenters. The van der Waals surface area contributed by atoms with Crippen molar-refractivity contribution in [2.45, 2.75) is 37.6 Å². The van der Waals surface area contributed by atoms with Crippen molar-refractivity contribution in [2.24, 2.45) is 5.84 Å². The van der Waals surface area contributed by atoms with Crippen molar-refractivity contribution >= 4 is 11.8 Å². The number of nitrogens with one attached hydrogen (secondary N) is 2. The molecule has 6 nitrogen and oxygen atoms in total. The Morgan fingerprint density at radius 1 is 1.35 bits per heavy atom. The first-order valence-electron chi connectivity index (χ1n) is 6.14. The van der Waals surface area contributed by atoms with Crippen LogP contribution < -0.4 is 16.6 Å². The molecule has 0 spiro atoms. The van der Waals surface area contributed by atoms with Crippen LogP contribution in [0.3, 0.4) is 0 Å². The number of nitrogens with zero attached hydrogens (tertiary/aromatic N) is 2.